The fourth-order valence-corrected chi connectivity index (χ4v) is 8.47. The standard InChI is InChI=1S/C49H74N16O11/c1-27(66)59-32(14-7-22-56-48(51)52)41(69)62-35-18-20-40(68)55-21-9-16-36(47(75)76)63-46(74)38(25-29-26-58-31-13-6-5-12-30(29)31)65-42(70)33(15-8-23-57-49(53)54)60-45(73)37(24-28-10-3-2-4-11-28)64-44(72)34(61-43(35)71)17-19-39(50)67/h2-6,10-13,26,32-38,41,44,58,62,64,69,72H,7-9,14-25H2,1H3,(H2,50,67)(H,55,68)(H,59,66)(H,60,73)(H,61,71)(H,63,74)(H,65,70)(H,75,76)(H4,51,52,56)(H4,53,54,57)/t32-,33-,34-,35-,36-,37+,38-,41?,44?/m0/s1. The third-order valence-corrected chi connectivity index (χ3v) is 12.4. The van der Waals surface area contributed by atoms with E-state index in [4.69, 9.17) is 28.7 Å². The van der Waals surface area contributed by atoms with Gasteiger partial charge in [-0.2, -0.15) is 0 Å². The number of hydrogen-bond acceptors (Lipinski definition) is 14. The lowest BCUT2D eigenvalue weighted by molar-refractivity contribution is -0.142. The average molecular weight is 1060 g/mol. The van der Waals surface area contributed by atoms with Gasteiger partial charge in [0.25, 0.3) is 0 Å². The molecule has 0 spiro atoms. The van der Waals surface area contributed by atoms with E-state index >= 15 is 0 Å². The molecule has 0 radical (unpaired) electrons. The maximum Gasteiger partial charge on any atom is 0.326 e. The van der Waals surface area contributed by atoms with Crippen LogP contribution in [0, 0.1) is 0 Å². The number of aliphatic hydroxyl groups is 2. The number of benzene rings is 2. The van der Waals surface area contributed by atoms with E-state index in [1.165, 1.54) is 6.92 Å². The fourth-order valence-electron chi connectivity index (χ4n) is 8.47. The van der Waals surface area contributed by atoms with Crippen molar-refractivity contribution < 1.29 is 53.7 Å². The van der Waals surface area contributed by atoms with Crippen LogP contribution < -0.4 is 71.2 Å². The second-order valence-electron chi connectivity index (χ2n) is 18.5. The Labute approximate surface area is 439 Å². The summed E-state index contributed by atoms with van der Waals surface area (Å²) in [6.07, 6.45) is -2.96. The van der Waals surface area contributed by atoms with E-state index in [-0.39, 0.29) is 109 Å². The van der Waals surface area contributed by atoms with Crippen LogP contribution >= 0.6 is 0 Å². The number of nitrogens with two attached hydrogens (primary N) is 5. The van der Waals surface area contributed by atoms with Crippen molar-refractivity contribution in [2.45, 2.75) is 139 Å². The number of para-hydroxylation sites is 1. The van der Waals surface area contributed by atoms with E-state index in [1.807, 2.05) is 18.2 Å². The Bertz CT molecular complexity index is 2480. The number of H-pyrrole nitrogens is 1. The molecule has 416 valence electrons. The number of carbonyl (C=O) groups excluding carboxylic acids is 7. The highest BCUT2D eigenvalue weighted by Gasteiger charge is 2.35. The third-order valence-electron chi connectivity index (χ3n) is 12.4. The summed E-state index contributed by atoms with van der Waals surface area (Å²) in [5.74, 6) is -7.10. The summed E-state index contributed by atoms with van der Waals surface area (Å²) < 4.78 is 0. The largest absolute Gasteiger partial charge is 0.480 e. The number of aliphatic imine (C=N–C) groups is 2. The molecule has 4 rings (SSSR count). The number of fused-ring (bicyclic) bond motifs is 1. The molecule has 9 atom stereocenters. The molecular formula is C49H74N16O11. The van der Waals surface area contributed by atoms with Crippen LogP contribution in [0.3, 0.4) is 0 Å². The smallest absolute Gasteiger partial charge is 0.326 e. The maximum atomic E-state index is 14.6. The number of aromatic nitrogens is 1. The Kier molecular flexibility index (Phi) is 24.8. The molecule has 2 aromatic carbocycles. The van der Waals surface area contributed by atoms with Gasteiger partial charge in [0.1, 0.15) is 30.6 Å². The molecule has 3 aromatic rings. The van der Waals surface area contributed by atoms with Crippen molar-refractivity contribution >= 4 is 70.1 Å². The minimum Gasteiger partial charge on any atom is -0.480 e. The Morgan fingerprint density at radius 1 is 0.763 bits per heavy atom. The minimum absolute atomic E-state index is 0.0355. The number of rotatable bonds is 20. The quantitative estimate of drug-likeness (QED) is 0.0223. The fraction of sp³-hybridized carbons (Fsp3) is 0.510. The van der Waals surface area contributed by atoms with Gasteiger partial charge in [0.15, 0.2) is 11.9 Å². The number of aromatic amines is 1. The topological polar surface area (TPSA) is 464 Å². The minimum atomic E-state index is -1.82. The number of nitrogens with zero attached hydrogens (tertiary/aromatic N) is 2. The lowest BCUT2D eigenvalue weighted by Gasteiger charge is -2.32. The van der Waals surface area contributed by atoms with Gasteiger partial charge in [-0.25, -0.2) is 4.79 Å². The molecule has 2 heterocycles. The van der Waals surface area contributed by atoms with Crippen molar-refractivity contribution in [3.05, 3.63) is 71.9 Å². The normalized spacial score (nSPS) is 22.5. The zero-order valence-corrected chi connectivity index (χ0v) is 42.5. The molecule has 7 amide bonds. The highest BCUT2D eigenvalue weighted by Crippen LogP contribution is 2.20. The highest BCUT2D eigenvalue weighted by molar-refractivity contribution is 5.95. The first-order valence-electron chi connectivity index (χ1n) is 25.0. The Balaban J connectivity index is 1.78. The molecule has 27 nitrogen and oxygen atoms in total. The highest BCUT2D eigenvalue weighted by atomic mass is 16.4. The number of aliphatic hydroxyl groups excluding tert-OH is 2. The second kappa shape index (κ2) is 31.1. The van der Waals surface area contributed by atoms with Gasteiger partial charge in [-0.15, -0.1) is 0 Å². The summed E-state index contributed by atoms with van der Waals surface area (Å²) in [6, 6.07) is 6.34. The lowest BCUT2D eigenvalue weighted by Crippen LogP contribution is -2.62. The van der Waals surface area contributed by atoms with Crippen molar-refractivity contribution in [3.8, 4) is 0 Å². The van der Waals surface area contributed by atoms with Crippen LogP contribution in [0.2, 0.25) is 0 Å². The molecule has 1 fully saturated rings. The molecule has 0 bridgehead atoms. The zero-order valence-electron chi connectivity index (χ0n) is 42.5. The number of primary amides is 1. The van der Waals surface area contributed by atoms with Crippen molar-refractivity contribution in [1.82, 2.24) is 47.5 Å². The van der Waals surface area contributed by atoms with Gasteiger partial charge in [0, 0.05) is 62.9 Å². The molecule has 22 N–H and O–H groups in total. The van der Waals surface area contributed by atoms with Crippen LogP contribution in [0.4, 0.5) is 0 Å². The van der Waals surface area contributed by atoms with Gasteiger partial charge in [-0.05, 0) is 75.0 Å². The molecule has 0 aliphatic carbocycles. The molecule has 1 aliphatic heterocycles. The predicted octanol–water partition coefficient (Wildman–Crippen LogP) is -3.90. The summed E-state index contributed by atoms with van der Waals surface area (Å²) in [7, 11) is 0. The van der Waals surface area contributed by atoms with E-state index in [1.54, 1.807) is 42.6 Å². The summed E-state index contributed by atoms with van der Waals surface area (Å²) >= 11 is 0. The number of carboxylic acids is 1. The molecule has 1 aromatic heterocycles. The number of aliphatic carboxylic acids is 1. The molecule has 1 aliphatic rings. The summed E-state index contributed by atoms with van der Waals surface area (Å²) in [4.78, 5) is 119. The van der Waals surface area contributed by atoms with Crippen LogP contribution in [0.5, 0.6) is 0 Å². The predicted molar refractivity (Wildman–Crippen MR) is 281 cm³/mol. The van der Waals surface area contributed by atoms with Gasteiger partial charge in [-0.1, -0.05) is 48.5 Å². The Morgan fingerprint density at radius 2 is 1.41 bits per heavy atom. The van der Waals surface area contributed by atoms with E-state index in [0.717, 1.165) is 10.9 Å². The monoisotopic (exact) mass is 1060 g/mol. The lowest BCUT2D eigenvalue weighted by atomic mass is 10.0. The summed E-state index contributed by atoms with van der Waals surface area (Å²) in [5, 5.41) is 56.0. The van der Waals surface area contributed by atoms with E-state index in [2.05, 4.69) is 57.5 Å². The number of guanidine groups is 2. The van der Waals surface area contributed by atoms with Crippen molar-refractivity contribution in [1.29, 1.82) is 0 Å². The van der Waals surface area contributed by atoms with Crippen LogP contribution in [0.1, 0.15) is 82.3 Å². The SMILES string of the molecule is CC(=O)N[C@@H](CCCN=C(N)N)C(O)N[C@H]1CCC(=O)NCCC[C@@H](C(=O)O)NC(=O)[C@H](Cc2c[nH]c3ccccc23)NC(=O)[C@H](CCCN=C(N)N)NC(=O)[C@@H](Cc2ccccc2)NC(O)[C@H](CCC(N)=O)NC1=O. The first-order chi connectivity index (χ1) is 36.2. The van der Waals surface area contributed by atoms with Gasteiger partial charge in [0.2, 0.25) is 41.4 Å². The summed E-state index contributed by atoms with van der Waals surface area (Å²) in [5.41, 5.74) is 29.5. The van der Waals surface area contributed by atoms with Crippen LogP contribution in [0.15, 0.2) is 70.8 Å². The number of carbonyl (C=O) groups is 8. The Morgan fingerprint density at radius 3 is 2.08 bits per heavy atom. The van der Waals surface area contributed by atoms with Crippen LogP contribution in [0.25, 0.3) is 10.9 Å². The number of nitrogens with one attached hydrogen (secondary N) is 9. The van der Waals surface area contributed by atoms with E-state index in [9.17, 15) is 53.7 Å². The number of carboxylic acid groups (broad SMARTS) is 1. The summed E-state index contributed by atoms with van der Waals surface area (Å²) in [6.45, 7) is 1.33. The van der Waals surface area contributed by atoms with Gasteiger partial charge < -0.3 is 80.9 Å². The molecule has 1 saturated heterocycles. The van der Waals surface area contributed by atoms with Gasteiger partial charge >= 0.3 is 5.97 Å². The first-order valence-corrected chi connectivity index (χ1v) is 25.0. The third kappa shape index (κ3) is 21.2. The maximum absolute atomic E-state index is 14.6. The van der Waals surface area contributed by atoms with Crippen molar-refractivity contribution in [3.63, 3.8) is 0 Å². The molecule has 2 unspecified atom stereocenters. The van der Waals surface area contributed by atoms with Crippen molar-refractivity contribution in [2.24, 2.45) is 38.7 Å². The van der Waals surface area contributed by atoms with Crippen LogP contribution in [-0.2, 0) is 51.2 Å². The van der Waals surface area contributed by atoms with Crippen LogP contribution in [-0.4, -0.2) is 154 Å². The molecule has 27 heteroatoms. The van der Waals surface area contributed by atoms with Gasteiger partial charge in [-0.3, -0.25) is 54.2 Å². The number of hydrogen-bond donors (Lipinski definition) is 17. The van der Waals surface area contributed by atoms with E-state index < -0.39 is 102 Å². The average Bonchev–Trinajstić information content (AvgIpc) is 3.78. The van der Waals surface area contributed by atoms with E-state index in [0.29, 0.717) is 11.1 Å². The zero-order chi connectivity index (χ0) is 55.7. The molecule has 0 saturated carbocycles. The first kappa shape index (κ1) is 60.7. The molecule has 76 heavy (non-hydrogen) atoms. The molecular weight excluding hydrogens is 989 g/mol. The number of amides is 7. The van der Waals surface area contributed by atoms with Gasteiger partial charge in [0.05, 0.1) is 24.2 Å². The Hall–Kier alpha value is -7.88. The van der Waals surface area contributed by atoms with Crippen molar-refractivity contribution in [2.75, 3.05) is 19.6 Å². The second-order valence-corrected chi connectivity index (χ2v) is 18.5.